The largest absolute Gasteiger partial charge is 0.465 e. The minimum atomic E-state index is -0.461. The monoisotopic (exact) mass is 357 g/mol. The molecule has 0 aliphatic heterocycles. The molecule has 7 heteroatoms. The van der Waals surface area contributed by atoms with Crippen LogP contribution in [0.2, 0.25) is 0 Å². The third-order valence-electron chi connectivity index (χ3n) is 4.14. The number of benzene rings is 1. The number of thiazole rings is 1. The van der Waals surface area contributed by atoms with Crippen LogP contribution >= 0.6 is 11.3 Å². The summed E-state index contributed by atoms with van der Waals surface area (Å²) in [6, 6.07) is 6.08. The van der Waals surface area contributed by atoms with Crippen LogP contribution in [0.1, 0.15) is 44.6 Å². The van der Waals surface area contributed by atoms with Crippen molar-refractivity contribution in [3.63, 3.8) is 0 Å². The molecule has 130 valence electrons. The summed E-state index contributed by atoms with van der Waals surface area (Å²) in [6.45, 7) is 5.55. The quantitative estimate of drug-likeness (QED) is 0.695. The third-order valence-corrected chi connectivity index (χ3v) is 5.07. The van der Waals surface area contributed by atoms with Crippen LogP contribution in [-0.2, 0) is 11.2 Å². The minimum absolute atomic E-state index is 0.328. The Morgan fingerprint density at radius 2 is 2.08 bits per heavy atom. The van der Waals surface area contributed by atoms with Gasteiger partial charge in [0.15, 0.2) is 5.13 Å². The zero-order valence-electron chi connectivity index (χ0n) is 14.5. The van der Waals surface area contributed by atoms with Gasteiger partial charge < -0.3 is 9.72 Å². The molecule has 1 aromatic carbocycles. The van der Waals surface area contributed by atoms with Crippen molar-refractivity contribution in [2.75, 3.05) is 12.4 Å². The Hall–Kier alpha value is -2.67. The normalized spacial score (nSPS) is 10.9. The van der Waals surface area contributed by atoms with Gasteiger partial charge in [0.2, 0.25) is 0 Å². The predicted molar refractivity (Wildman–Crippen MR) is 98.6 cm³/mol. The molecule has 0 fully saturated rings. The molecule has 25 heavy (non-hydrogen) atoms. The highest BCUT2D eigenvalue weighted by molar-refractivity contribution is 7.22. The van der Waals surface area contributed by atoms with Gasteiger partial charge in [-0.3, -0.25) is 10.1 Å². The van der Waals surface area contributed by atoms with E-state index < -0.39 is 5.97 Å². The summed E-state index contributed by atoms with van der Waals surface area (Å²) in [4.78, 5) is 31.8. The molecular weight excluding hydrogens is 338 g/mol. The number of nitrogens with zero attached hydrogens (tertiary/aromatic N) is 1. The van der Waals surface area contributed by atoms with Crippen LogP contribution in [0.4, 0.5) is 5.13 Å². The zero-order chi connectivity index (χ0) is 18.1. The van der Waals surface area contributed by atoms with Crippen LogP contribution in [-0.4, -0.2) is 29.0 Å². The van der Waals surface area contributed by atoms with Crippen LogP contribution in [0.15, 0.2) is 18.2 Å². The minimum Gasteiger partial charge on any atom is -0.465 e. The Labute approximate surface area is 149 Å². The Kier molecular flexibility index (Phi) is 4.59. The lowest BCUT2D eigenvalue weighted by atomic mass is 10.1. The number of carbonyl (C=O) groups is 2. The SMILES string of the molecule is CCc1ccc2nc(NC(=O)c3[nH]c(C)c(C(=O)OC)c3C)sc2c1. The molecule has 0 atom stereocenters. The standard InChI is InChI=1S/C18H19N3O3S/c1-5-11-6-7-12-13(8-11)25-18(20-12)21-16(22)15-9(2)14(10(3)19-15)17(23)24-4/h6-8,19H,5H2,1-4H3,(H,20,21,22). The maximum atomic E-state index is 12.6. The molecule has 0 spiro atoms. The van der Waals surface area contributed by atoms with E-state index in [1.165, 1.54) is 24.0 Å². The molecule has 2 N–H and O–H groups in total. The number of rotatable bonds is 4. The van der Waals surface area contributed by atoms with E-state index in [0.29, 0.717) is 27.6 Å². The van der Waals surface area contributed by atoms with Crippen LogP contribution in [0.3, 0.4) is 0 Å². The third kappa shape index (κ3) is 3.15. The number of anilines is 1. The second-order valence-corrected chi connectivity index (χ2v) is 6.78. The highest BCUT2D eigenvalue weighted by Crippen LogP contribution is 2.28. The molecule has 2 heterocycles. The van der Waals surface area contributed by atoms with Crippen molar-refractivity contribution >= 4 is 38.6 Å². The number of ether oxygens (including phenoxy) is 1. The Balaban J connectivity index is 1.89. The fraction of sp³-hybridized carbons (Fsp3) is 0.278. The number of esters is 1. The van der Waals surface area contributed by atoms with Crippen molar-refractivity contribution in [3.8, 4) is 0 Å². The van der Waals surface area contributed by atoms with E-state index in [-0.39, 0.29) is 5.91 Å². The number of aryl methyl sites for hydroxylation is 2. The first-order chi connectivity index (χ1) is 11.9. The van der Waals surface area contributed by atoms with Crippen molar-refractivity contribution in [1.82, 2.24) is 9.97 Å². The number of aromatic nitrogens is 2. The van der Waals surface area contributed by atoms with Gasteiger partial charge in [0, 0.05) is 5.69 Å². The first kappa shape index (κ1) is 17.2. The lowest BCUT2D eigenvalue weighted by Gasteiger charge is -2.01. The van der Waals surface area contributed by atoms with Gasteiger partial charge >= 0.3 is 5.97 Å². The molecule has 0 aliphatic carbocycles. The van der Waals surface area contributed by atoms with Gasteiger partial charge in [-0.1, -0.05) is 24.3 Å². The van der Waals surface area contributed by atoms with E-state index >= 15 is 0 Å². The lowest BCUT2D eigenvalue weighted by molar-refractivity contribution is 0.0599. The molecule has 2 aromatic heterocycles. The molecule has 3 rings (SSSR count). The van der Waals surface area contributed by atoms with Gasteiger partial charge in [-0.15, -0.1) is 0 Å². The van der Waals surface area contributed by atoms with E-state index in [0.717, 1.165) is 16.6 Å². The summed E-state index contributed by atoms with van der Waals surface area (Å²) in [5.41, 5.74) is 3.98. The van der Waals surface area contributed by atoms with E-state index in [4.69, 9.17) is 4.74 Å². The highest BCUT2D eigenvalue weighted by atomic mass is 32.1. The van der Waals surface area contributed by atoms with Crippen molar-refractivity contribution in [3.05, 3.63) is 46.3 Å². The topological polar surface area (TPSA) is 84.1 Å². The lowest BCUT2D eigenvalue weighted by Crippen LogP contribution is -2.14. The number of H-pyrrole nitrogens is 1. The van der Waals surface area contributed by atoms with Crippen LogP contribution in [0.5, 0.6) is 0 Å². The molecule has 0 bridgehead atoms. The number of hydrogen-bond acceptors (Lipinski definition) is 5. The summed E-state index contributed by atoms with van der Waals surface area (Å²) in [5, 5.41) is 3.34. The fourth-order valence-electron chi connectivity index (χ4n) is 2.79. The van der Waals surface area contributed by atoms with Crippen molar-refractivity contribution in [2.45, 2.75) is 27.2 Å². The van der Waals surface area contributed by atoms with E-state index in [1.807, 2.05) is 12.1 Å². The molecule has 0 radical (unpaired) electrons. The first-order valence-corrected chi connectivity index (χ1v) is 8.74. The van der Waals surface area contributed by atoms with Crippen LogP contribution in [0.25, 0.3) is 10.2 Å². The maximum absolute atomic E-state index is 12.6. The summed E-state index contributed by atoms with van der Waals surface area (Å²) in [7, 11) is 1.32. The average molecular weight is 357 g/mol. The first-order valence-electron chi connectivity index (χ1n) is 7.92. The second-order valence-electron chi connectivity index (χ2n) is 5.75. The summed E-state index contributed by atoms with van der Waals surface area (Å²) in [5.74, 6) is -0.789. The Morgan fingerprint density at radius 3 is 2.76 bits per heavy atom. The van der Waals surface area contributed by atoms with Gasteiger partial charge in [-0.25, -0.2) is 9.78 Å². The van der Waals surface area contributed by atoms with Gasteiger partial charge in [-0.05, 0) is 43.5 Å². The second kappa shape index (κ2) is 6.68. The summed E-state index contributed by atoms with van der Waals surface area (Å²) in [6.07, 6.45) is 0.951. The number of amides is 1. The van der Waals surface area contributed by atoms with Gasteiger partial charge in [0.05, 0.1) is 22.9 Å². The summed E-state index contributed by atoms with van der Waals surface area (Å²) >= 11 is 1.43. The molecule has 0 saturated heterocycles. The van der Waals surface area contributed by atoms with E-state index in [1.54, 1.807) is 13.8 Å². The number of fused-ring (bicyclic) bond motifs is 1. The van der Waals surface area contributed by atoms with Crippen molar-refractivity contribution in [2.24, 2.45) is 0 Å². The zero-order valence-corrected chi connectivity index (χ0v) is 15.3. The number of hydrogen-bond donors (Lipinski definition) is 2. The number of carbonyl (C=O) groups excluding carboxylic acids is 2. The molecule has 3 aromatic rings. The smallest absolute Gasteiger partial charge is 0.339 e. The van der Waals surface area contributed by atoms with Crippen molar-refractivity contribution in [1.29, 1.82) is 0 Å². The number of nitrogens with one attached hydrogen (secondary N) is 2. The molecular formula is C18H19N3O3S. The number of aromatic amines is 1. The fourth-order valence-corrected chi connectivity index (χ4v) is 3.71. The van der Waals surface area contributed by atoms with Gasteiger partial charge in [0.1, 0.15) is 5.69 Å². The van der Waals surface area contributed by atoms with E-state index in [9.17, 15) is 9.59 Å². The van der Waals surface area contributed by atoms with E-state index in [2.05, 4.69) is 28.3 Å². The van der Waals surface area contributed by atoms with Crippen LogP contribution < -0.4 is 5.32 Å². The predicted octanol–water partition coefficient (Wildman–Crippen LogP) is 3.84. The Morgan fingerprint density at radius 1 is 1.32 bits per heavy atom. The van der Waals surface area contributed by atoms with Crippen LogP contribution in [0, 0.1) is 13.8 Å². The van der Waals surface area contributed by atoms with Crippen molar-refractivity contribution < 1.29 is 14.3 Å². The molecule has 6 nitrogen and oxygen atoms in total. The highest BCUT2D eigenvalue weighted by Gasteiger charge is 2.23. The Bertz CT molecular complexity index is 972. The van der Waals surface area contributed by atoms with Gasteiger partial charge in [-0.2, -0.15) is 0 Å². The average Bonchev–Trinajstić information content (AvgIpc) is 3.13. The maximum Gasteiger partial charge on any atom is 0.339 e. The molecule has 1 amide bonds. The van der Waals surface area contributed by atoms with Gasteiger partial charge in [0.25, 0.3) is 5.91 Å². The molecule has 0 aliphatic rings. The number of methoxy groups -OCH3 is 1. The molecule has 0 unspecified atom stereocenters. The summed E-state index contributed by atoms with van der Waals surface area (Å²) < 4.78 is 5.80. The molecule has 0 saturated carbocycles.